The lowest BCUT2D eigenvalue weighted by Crippen LogP contribution is -2.29. The van der Waals surface area contributed by atoms with Gasteiger partial charge in [-0.2, -0.15) is 0 Å². The van der Waals surface area contributed by atoms with Gasteiger partial charge in [0.1, 0.15) is 29.1 Å². The average Bonchev–Trinajstić information content (AvgIpc) is 3.63. The zero-order valence-corrected chi connectivity index (χ0v) is 23.3. The highest BCUT2D eigenvalue weighted by molar-refractivity contribution is 7.80. The van der Waals surface area contributed by atoms with E-state index in [1.165, 1.54) is 12.7 Å². The van der Waals surface area contributed by atoms with Crippen molar-refractivity contribution in [3.05, 3.63) is 132 Å². The number of carbonyl (C=O) groups excluding carboxylic acids is 1. The van der Waals surface area contributed by atoms with Crippen LogP contribution in [0.3, 0.4) is 0 Å². The number of nitrogens with zero attached hydrogens (tertiary/aromatic N) is 2. The van der Waals surface area contributed by atoms with Gasteiger partial charge >= 0.3 is 5.97 Å². The molecule has 2 atom stereocenters. The molecule has 6 rings (SSSR count). The molecule has 7 nitrogen and oxygen atoms in total. The molecule has 0 unspecified atom stereocenters. The van der Waals surface area contributed by atoms with Gasteiger partial charge in [-0.05, 0) is 91.9 Å². The van der Waals surface area contributed by atoms with Crippen LogP contribution in [0.1, 0.15) is 39.5 Å². The highest BCUT2D eigenvalue weighted by Gasteiger charge is 2.42. The van der Waals surface area contributed by atoms with E-state index < -0.39 is 0 Å². The zero-order chi connectivity index (χ0) is 28.3. The van der Waals surface area contributed by atoms with E-state index in [1.807, 2.05) is 103 Å². The van der Waals surface area contributed by atoms with Gasteiger partial charge in [0.15, 0.2) is 5.11 Å². The number of benzene rings is 3. The molecule has 1 N–H and O–H groups in total. The molecular formula is C33H27N3O4S. The van der Waals surface area contributed by atoms with Crippen LogP contribution >= 0.6 is 12.2 Å². The highest BCUT2D eigenvalue weighted by atomic mass is 32.1. The lowest BCUT2D eigenvalue weighted by Gasteiger charge is -2.26. The first-order valence-electron chi connectivity index (χ1n) is 13.1. The summed E-state index contributed by atoms with van der Waals surface area (Å²) in [6.45, 7) is 2.04. The van der Waals surface area contributed by atoms with Crippen molar-refractivity contribution >= 4 is 29.0 Å². The van der Waals surface area contributed by atoms with Crippen LogP contribution in [0, 0.1) is 6.92 Å². The number of carbonyl (C=O) groups is 1. The molecule has 2 aromatic heterocycles. The second-order valence-electron chi connectivity index (χ2n) is 9.68. The van der Waals surface area contributed by atoms with Crippen LogP contribution < -0.4 is 15.0 Å². The topological polar surface area (TPSA) is 76.8 Å². The van der Waals surface area contributed by atoms with Crippen molar-refractivity contribution < 1.29 is 18.7 Å². The van der Waals surface area contributed by atoms with E-state index in [0.29, 0.717) is 16.4 Å². The van der Waals surface area contributed by atoms with Crippen molar-refractivity contribution in [2.45, 2.75) is 19.0 Å². The number of rotatable bonds is 7. The molecule has 0 saturated carbocycles. The molecule has 5 aromatic rings. The minimum absolute atomic E-state index is 0.243. The second kappa shape index (κ2) is 11.3. The summed E-state index contributed by atoms with van der Waals surface area (Å²) in [5, 5.41) is 4.02. The van der Waals surface area contributed by atoms with E-state index in [1.54, 1.807) is 18.3 Å². The third kappa shape index (κ3) is 5.42. The van der Waals surface area contributed by atoms with Gasteiger partial charge in [-0.25, -0.2) is 4.79 Å². The number of pyridine rings is 1. The van der Waals surface area contributed by atoms with Crippen molar-refractivity contribution in [2.24, 2.45) is 0 Å². The Bertz CT molecular complexity index is 1670. The number of thiocarbonyl (C=S) groups is 1. The lowest BCUT2D eigenvalue weighted by molar-refractivity contribution is 0.0600. The van der Waals surface area contributed by atoms with Gasteiger partial charge in [0.2, 0.25) is 0 Å². The number of aryl methyl sites for hydroxylation is 1. The first-order chi connectivity index (χ1) is 20.0. The maximum atomic E-state index is 11.9. The summed E-state index contributed by atoms with van der Waals surface area (Å²) in [5.74, 6) is 2.52. The molecule has 0 spiro atoms. The zero-order valence-electron chi connectivity index (χ0n) is 22.5. The summed E-state index contributed by atoms with van der Waals surface area (Å²) < 4.78 is 17.3. The molecule has 3 heterocycles. The van der Waals surface area contributed by atoms with E-state index in [2.05, 4.69) is 10.3 Å². The van der Waals surface area contributed by atoms with Crippen LogP contribution in [-0.2, 0) is 4.74 Å². The van der Waals surface area contributed by atoms with Crippen LogP contribution in [0.5, 0.6) is 11.5 Å². The first kappa shape index (κ1) is 26.3. The van der Waals surface area contributed by atoms with Crippen molar-refractivity contribution in [3.8, 4) is 22.8 Å². The molecule has 204 valence electrons. The van der Waals surface area contributed by atoms with E-state index in [0.717, 1.165) is 34.2 Å². The monoisotopic (exact) mass is 561 g/mol. The summed E-state index contributed by atoms with van der Waals surface area (Å²) in [6.07, 6.45) is 1.77. The number of aromatic nitrogens is 1. The Hall–Kier alpha value is -4.95. The van der Waals surface area contributed by atoms with Crippen LogP contribution in [0.15, 0.2) is 114 Å². The fraction of sp³-hybridized carbons (Fsp3) is 0.121. The van der Waals surface area contributed by atoms with Gasteiger partial charge in [0, 0.05) is 17.4 Å². The van der Waals surface area contributed by atoms with E-state index in [-0.39, 0.29) is 18.1 Å². The van der Waals surface area contributed by atoms with E-state index >= 15 is 0 Å². The van der Waals surface area contributed by atoms with Gasteiger partial charge in [0.05, 0.1) is 24.4 Å². The van der Waals surface area contributed by atoms with Crippen molar-refractivity contribution in [1.29, 1.82) is 0 Å². The van der Waals surface area contributed by atoms with Crippen LogP contribution in [0.2, 0.25) is 0 Å². The molecule has 1 aliphatic rings. The number of ether oxygens (including phenoxy) is 2. The number of esters is 1. The second-order valence-corrected chi connectivity index (χ2v) is 10.1. The number of nitrogens with one attached hydrogen (secondary N) is 1. The first-order valence-corrected chi connectivity index (χ1v) is 13.5. The van der Waals surface area contributed by atoms with Gasteiger partial charge in [-0.3, -0.25) is 4.98 Å². The summed E-state index contributed by atoms with van der Waals surface area (Å²) in [7, 11) is 1.36. The molecule has 41 heavy (non-hydrogen) atoms. The van der Waals surface area contributed by atoms with Crippen LogP contribution in [0.25, 0.3) is 11.3 Å². The predicted octanol–water partition coefficient (Wildman–Crippen LogP) is 7.41. The number of methoxy groups -OCH3 is 1. The SMILES string of the molecule is COC(=O)c1ccc(-c2ccc([C@@H]3[C@H](c4ccccn4)NC(=S)N3c3ccc(Oc4ccc(C)cc4)cc3)o2)cc1. The highest BCUT2D eigenvalue weighted by Crippen LogP contribution is 2.43. The minimum Gasteiger partial charge on any atom is -0.465 e. The standard InChI is InChI=1S/C33H27N3O4S/c1-21-6-14-25(15-7-21)39-26-16-12-24(13-17-26)36-31(30(35-33(36)41)27-5-3-4-20-34-27)29-19-18-28(40-29)22-8-10-23(11-9-22)32(37)38-2/h3-20,30-31H,1-2H3,(H,35,41)/t30-,31+/m0/s1. The Balaban J connectivity index is 1.32. The third-order valence-corrected chi connectivity index (χ3v) is 7.29. The molecule has 0 aliphatic carbocycles. The quantitative estimate of drug-likeness (QED) is 0.163. The molecule has 0 bridgehead atoms. The van der Waals surface area contributed by atoms with Crippen molar-refractivity contribution in [1.82, 2.24) is 10.3 Å². The maximum absolute atomic E-state index is 11.9. The molecule has 8 heteroatoms. The summed E-state index contributed by atoms with van der Waals surface area (Å²) in [4.78, 5) is 18.5. The molecular weight excluding hydrogens is 534 g/mol. The summed E-state index contributed by atoms with van der Waals surface area (Å²) in [5.41, 5.74) is 4.24. The molecule has 1 aliphatic heterocycles. The molecule has 0 radical (unpaired) electrons. The Morgan fingerprint density at radius 1 is 0.902 bits per heavy atom. The third-order valence-electron chi connectivity index (χ3n) is 6.98. The van der Waals surface area contributed by atoms with E-state index in [9.17, 15) is 4.79 Å². The summed E-state index contributed by atoms with van der Waals surface area (Å²) >= 11 is 5.85. The van der Waals surface area contributed by atoms with Crippen molar-refractivity contribution in [3.63, 3.8) is 0 Å². The molecule has 1 fully saturated rings. The smallest absolute Gasteiger partial charge is 0.337 e. The van der Waals surface area contributed by atoms with Gasteiger partial charge in [-0.1, -0.05) is 35.9 Å². The largest absolute Gasteiger partial charge is 0.465 e. The Morgan fingerprint density at radius 3 is 2.27 bits per heavy atom. The molecule has 0 amide bonds. The van der Waals surface area contributed by atoms with Gasteiger partial charge in [0.25, 0.3) is 0 Å². The van der Waals surface area contributed by atoms with E-state index in [4.69, 9.17) is 26.1 Å². The Morgan fingerprint density at radius 2 is 1.61 bits per heavy atom. The van der Waals surface area contributed by atoms with Gasteiger partial charge < -0.3 is 24.1 Å². The van der Waals surface area contributed by atoms with Gasteiger partial charge in [-0.15, -0.1) is 0 Å². The Kier molecular flexibility index (Phi) is 7.22. The van der Waals surface area contributed by atoms with Crippen LogP contribution in [0.4, 0.5) is 5.69 Å². The Labute approximate surface area is 243 Å². The normalized spacial score (nSPS) is 16.3. The molecule has 3 aromatic carbocycles. The van der Waals surface area contributed by atoms with Crippen molar-refractivity contribution in [2.75, 3.05) is 12.0 Å². The fourth-order valence-corrected chi connectivity index (χ4v) is 5.24. The number of furan rings is 1. The average molecular weight is 562 g/mol. The minimum atomic E-state index is -0.383. The maximum Gasteiger partial charge on any atom is 0.337 e. The molecule has 1 saturated heterocycles. The number of hydrogen-bond donors (Lipinski definition) is 1. The van der Waals surface area contributed by atoms with Crippen LogP contribution in [-0.4, -0.2) is 23.2 Å². The predicted molar refractivity (Wildman–Crippen MR) is 161 cm³/mol. The number of hydrogen-bond acceptors (Lipinski definition) is 6. The number of anilines is 1. The summed E-state index contributed by atoms with van der Waals surface area (Å²) in [6, 6.07) is 32.1. The fourth-order valence-electron chi connectivity index (χ4n) is 4.89. The lowest BCUT2D eigenvalue weighted by atomic mass is 10.0.